The first-order chi connectivity index (χ1) is 8.46. The van der Waals surface area contributed by atoms with Gasteiger partial charge in [0, 0.05) is 12.5 Å². The highest BCUT2D eigenvalue weighted by Crippen LogP contribution is 2.25. The Kier molecular flexibility index (Phi) is 5.29. The monoisotopic (exact) mass is 264 g/mol. The Morgan fingerprint density at radius 1 is 1.39 bits per heavy atom. The SMILES string of the molecule is COc1ccc(C(CCCC(F)(F)F)NN)nn1. The van der Waals surface area contributed by atoms with Crippen LogP contribution in [0.2, 0.25) is 0 Å². The lowest BCUT2D eigenvalue weighted by Crippen LogP contribution is -2.29. The maximum atomic E-state index is 12.0. The Morgan fingerprint density at radius 2 is 2.11 bits per heavy atom. The highest BCUT2D eigenvalue weighted by Gasteiger charge is 2.27. The lowest BCUT2D eigenvalue weighted by Gasteiger charge is -2.15. The van der Waals surface area contributed by atoms with Gasteiger partial charge in [-0.25, -0.2) is 0 Å². The van der Waals surface area contributed by atoms with Crippen molar-refractivity contribution >= 4 is 0 Å². The van der Waals surface area contributed by atoms with Gasteiger partial charge in [0.05, 0.1) is 18.8 Å². The summed E-state index contributed by atoms with van der Waals surface area (Å²) in [6, 6.07) is 2.74. The highest BCUT2D eigenvalue weighted by atomic mass is 19.4. The Balaban J connectivity index is 2.54. The molecule has 0 amide bonds. The molecule has 0 aromatic carbocycles. The van der Waals surface area contributed by atoms with E-state index in [1.807, 2.05) is 0 Å². The molecule has 0 fully saturated rings. The Morgan fingerprint density at radius 3 is 2.56 bits per heavy atom. The van der Waals surface area contributed by atoms with Crippen molar-refractivity contribution in [3.8, 4) is 5.88 Å². The van der Waals surface area contributed by atoms with Gasteiger partial charge in [0.15, 0.2) is 0 Å². The first kappa shape index (κ1) is 14.7. The van der Waals surface area contributed by atoms with Gasteiger partial charge in [-0.15, -0.1) is 5.10 Å². The van der Waals surface area contributed by atoms with Crippen LogP contribution in [0.3, 0.4) is 0 Å². The van der Waals surface area contributed by atoms with Crippen LogP contribution in [0.5, 0.6) is 5.88 Å². The van der Waals surface area contributed by atoms with Crippen molar-refractivity contribution in [2.75, 3.05) is 7.11 Å². The second-order valence-corrected chi connectivity index (χ2v) is 3.73. The molecule has 1 aromatic heterocycles. The average molecular weight is 264 g/mol. The number of rotatable bonds is 6. The van der Waals surface area contributed by atoms with Crippen LogP contribution in [0.4, 0.5) is 13.2 Å². The summed E-state index contributed by atoms with van der Waals surface area (Å²) in [4.78, 5) is 0. The quantitative estimate of drug-likeness (QED) is 0.604. The molecule has 0 spiro atoms. The average Bonchev–Trinajstić information content (AvgIpc) is 2.34. The molecule has 1 rings (SSSR count). The van der Waals surface area contributed by atoms with E-state index >= 15 is 0 Å². The Bertz CT molecular complexity index is 355. The number of nitrogens with zero attached hydrogens (tertiary/aromatic N) is 2. The molecular formula is C10H15F3N4O. The molecule has 0 aliphatic heterocycles. The molecule has 18 heavy (non-hydrogen) atoms. The first-order valence-electron chi connectivity index (χ1n) is 5.37. The largest absolute Gasteiger partial charge is 0.480 e. The van der Waals surface area contributed by atoms with E-state index in [0.29, 0.717) is 11.6 Å². The summed E-state index contributed by atoms with van der Waals surface area (Å²) in [6.45, 7) is 0. The number of hydrogen-bond acceptors (Lipinski definition) is 5. The topological polar surface area (TPSA) is 73.1 Å². The summed E-state index contributed by atoms with van der Waals surface area (Å²) in [6.07, 6.45) is -4.78. The molecule has 5 nitrogen and oxygen atoms in total. The molecule has 1 aromatic rings. The molecule has 0 bridgehead atoms. The van der Waals surface area contributed by atoms with Crippen LogP contribution in [0.25, 0.3) is 0 Å². The smallest absolute Gasteiger partial charge is 0.389 e. The highest BCUT2D eigenvalue weighted by molar-refractivity contribution is 5.13. The van der Waals surface area contributed by atoms with Gasteiger partial charge in [-0.1, -0.05) is 0 Å². The summed E-state index contributed by atoms with van der Waals surface area (Å²) in [5, 5.41) is 7.57. The number of nitrogens with one attached hydrogen (secondary N) is 1. The third-order valence-electron chi connectivity index (χ3n) is 2.38. The van der Waals surface area contributed by atoms with Crippen molar-refractivity contribution < 1.29 is 17.9 Å². The summed E-state index contributed by atoms with van der Waals surface area (Å²) in [5.41, 5.74) is 2.92. The lowest BCUT2D eigenvalue weighted by atomic mass is 10.1. The zero-order valence-corrected chi connectivity index (χ0v) is 9.87. The van der Waals surface area contributed by atoms with Gasteiger partial charge >= 0.3 is 6.18 Å². The van der Waals surface area contributed by atoms with E-state index in [9.17, 15) is 13.2 Å². The van der Waals surface area contributed by atoms with Crippen LogP contribution >= 0.6 is 0 Å². The van der Waals surface area contributed by atoms with E-state index in [-0.39, 0.29) is 12.8 Å². The zero-order chi connectivity index (χ0) is 13.6. The van der Waals surface area contributed by atoms with Crippen molar-refractivity contribution in [3.63, 3.8) is 0 Å². The van der Waals surface area contributed by atoms with Gasteiger partial charge in [-0.05, 0) is 18.9 Å². The second-order valence-electron chi connectivity index (χ2n) is 3.73. The van der Waals surface area contributed by atoms with E-state index in [1.165, 1.54) is 7.11 Å². The van der Waals surface area contributed by atoms with E-state index < -0.39 is 18.6 Å². The number of nitrogens with two attached hydrogens (primary N) is 1. The second kappa shape index (κ2) is 6.50. The normalized spacial score (nSPS) is 13.4. The Labute approximate surface area is 102 Å². The van der Waals surface area contributed by atoms with Gasteiger partial charge < -0.3 is 4.74 Å². The molecule has 3 N–H and O–H groups in total. The fourth-order valence-corrected chi connectivity index (χ4v) is 1.45. The van der Waals surface area contributed by atoms with E-state index in [1.54, 1.807) is 12.1 Å². The molecule has 1 atom stereocenters. The fourth-order valence-electron chi connectivity index (χ4n) is 1.45. The van der Waals surface area contributed by atoms with Crippen molar-refractivity contribution in [2.45, 2.75) is 31.5 Å². The lowest BCUT2D eigenvalue weighted by molar-refractivity contribution is -0.135. The number of alkyl halides is 3. The van der Waals surface area contributed by atoms with E-state index in [0.717, 1.165) is 0 Å². The van der Waals surface area contributed by atoms with Gasteiger partial charge in [-0.3, -0.25) is 11.3 Å². The first-order valence-corrected chi connectivity index (χ1v) is 5.37. The predicted octanol–water partition coefficient (Wildman–Crippen LogP) is 1.72. The molecule has 0 saturated heterocycles. The predicted molar refractivity (Wildman–Crippen MR) is 58.6 cm³/mol. The number of hydrazine groups is 1. The molecule has 8 heteroatoms. The maximum absolute atomic E-state index is 12.0. The minimum atomic E-state index is -4.15. The van der Waals surface area contributed by atoms with Crippen molar-refractivity contribution in [2.24, 2.45) is 5.84 Å². The van der Waals surface area contributed by atoms with E-state index in [4.69, 9.17) is 10.6 Å². The molecule has 102 valence electrons. The fraction of sp³-hybridized carbons (Fsp3) is 0.600. The van der Waals surface area contributed by atoms with Gasteiger partial charge in [0.1, 0.15) is 0 Å². The number of halogens is 3. The standard InChI is InChI=1S/C10H15F3N4O/c1-18-9-5-4-8(16-17-9)7(15-14)3-2-6-10(11,12)13/h4-5,7,15H,2-3,6,14H2,1H3. The Hall–Kier alpha value is -1.41. The number of methoxy groups -OCH3 is 1. The van der Waals surface area contributed by atoms with Gasteiger partial charge in [0.25, 0.3) is 0 Å². The van der Waals surface area contributed by atoms with Crippen molar-refractivity contribution in [1.29, 1.82) is 0 Å². The molecule has 0 aliphatic carbocycles. The van der Waals surface area contributed by atoms with Gasteiger partial charge in [0.2, 0.25) is 5.88 Å². The van der Waals surface area contributed by atoms with Crippen LogP contribution < -0.4 is 16.0 Å². The zero-order valence-electron chi connectivity index (χ0n) is 9.87. The molecule has 0 radical (unpaired) electrons. The summed E-state index contributed by atoms with van der Waals surface area (Å²) in [5.74, 6) is 5.63. The minimum Gasteiger partial charge on any atom is -0.480 e. The molecule has 0 aliphatic rings. The van der Waals surface area contributed by atoms with Crippen LogP contribution in [-0.4, -0.2) is 23.5 Å². The summed E-state index contributed by atoms with van der Waals surface area (Å²) < 4.78 is 40.9. The summed E-state index contributed by atoms with van der Waals surface area (Å²) in [7, 11) is 1.45. The van der Waals surface area contributed by atoms with Crippen LogP contribution in [-0.2, 0) is 0 Å². The molecule has 1 unspecified atom stereocenters. The number of ether oxygens (including phenoxy) is 1. The maximum Gasteiger partial charge on any atom is 0.389 e. The van der Waals surface area contributed by atoms with Gasteiger partial charge in [-0.2, -0.15) is 18.3 Å². The molecule has 1 heterocycles. The molecule has 0 saturated carbocycles. The van der Waals surface area contributed by atoms with Crippen LogP contribution in [0.15, 0.2) is 12.1 Å². The number of aromatic nitrogens is 2. The van der Waals surface area contributed by atoms with Crippen LogP contribution in [0.1, 0.15) is 31.0 Å². The minimum absolute atomic E-state index is 0.0218. The number of hydrogen-bond donors (Lipinski definition) is 2. The third kappa shape index (κ3) is 4.84. The molecular weight excluding hydrogens is 249 g/mol. The summed E-state index contributed by atoms with van der Waals surface area (Å²) >= 11 is 0. The van der Waals surface area contributed by atoms with Crippen LogP contribution in [0, 0.1) is 0 Å². The van der Waals surface area contributed by atoms with Crippen molar-refractivity contribution in [3.05, 3.63) is 17.8 Å². The van der Waals surface area contributed by atoms with E-state index in [2.05, 4.69) is 15.6 Å². The van der Waals surface area contributed by atoms with Crippen molar-refractivity contribution in [1.82, 2.24) is 15.6 Å². The third-order valence-corrected chi connectivity index (χ3v) is 2.38.